The summed E-state index contributed by atoms with van der Waals surface area (Å²) in [6.45, 7) is 3.14. The molecule has 0 saturated carbocycles. The average molecular weight is 351 g/mol. The van der Waals surface area contributed by atoms with Crippen LogP contribution in [0.15, 0.2) is 54.6 Å². The lowest BCUT2D eigenvalue weighted by Crippen LogP contribution is -2.33. The number of rotatable bonds is 7. The third kappa shape index (κ3) is 5.43. The number of nitrogens with one attached hydrogen (secondary N) is 1. The van der Waals surface area contributed by atoms with Crippen LogP contribution < -0.4 is 5.32 Å². The molecule has 0 atom stereocenters. The molecule has 0 unspecified atom stereocenters. The molecule has 1 saturated heterocycles. The van der Waals surface area contributed by atoms with Crippen LogP contribution in [-0.2, 0) is 12.8 Å². The van der Waals surface area contributed by atoms with E-state index < -0.39 is 0 Å². The summed E-state index contributed by atoms with van der Waals surface area (Å²) in [7, 11) is 2.18. The molecule has 0 aromatic heterocycles. The maximum absolute atomic E-state index is 12.7. The van der Waals surface area contributed by atoms with Gasteiger partial charge in [0, 0.05) is 12.1 Å². The van der Waals surface area contributed by atoms with Crippen LogP contribution in [0, 0.1) is 5.92 Å². The van der Waals surface area contributed by atoms with E-state index in [1.807, 2.05) is 24.3 Å². The summed E-state index contributed by atoms with van der Waals surface area (Å²) in [4.78, 5) is 15.0. The van der Waals surface area contributed by atoms with E-state index in [9.17, 15) is 4.79 Å². The lowest BCUT2D eigenvalue weighted by atomic mass is 9.94. The topological polar surface area (TPSA) is 32.3 Å². The Morgan fingerprint density at radius 2 is 1.69 bits per heavy atom. The van der Waals surface area contributed by atoms with Crippen molar-refractivity contribution in [3.63, 3.8) is 0 Å². The number of hydrogen-bond acceptors (Lipinski definition) is 2. The quantitative estimate of drug-likeness (QED) is 0.820. The van der Waals surface area contributed by atoms with Crippen LogP contribution in [-0.4, -0.2) is 37.5 Å². The average Bonchev–Trinajstić information content (AvgIpc) is 2.69. The molecule has 1 amide bonds. The van der Waals surface area contributed by atoms with Gasteiger partial charge < -0.3 is 10.2 Å². The highest BCUT2D eigenvalue weighted by atomic mass is 16.1. The third-order valence-corrected chi connectivity index (χ3v) is 5.46. The second-order valence-electron chi connectivity index (χ2n) is 7.43. The van der Waals surface area contributed by atoms with Crippen molar-refractivity contribution < 1.29 is 4.79 Å². The summed E-state index contributed by atoms with van der Waals surface area (Å²) in [5, 5.41) is 3.14. The molecule has 3 heteroatoms. The van der Waals surface area contributed by atoms with E-state index in [0.717, 1.165) is 42.9 Å². The van der Waals surface area contributed by atoms with Gasteiger partial charge in [0.25, 0.3) is 5.91 Å². The molecule has 1 aliphatic rings. The summed E-state index contributed by atoms with van der Waals surface area (Å²) in [6, 6.07) is 18.5. The molecule has 1 fully saturated rings. The van der Waals surface area contributed by atoms with Gasteiger partial charge in [-0.05, 0) is 75.4 Å². The highest BCUT2D eigenvalue weighted by Crippen LogP contribution is 2.19. The molecule has 3 rings (SSSR count). The number of aryl methyl sites for hydroxylation is 2. The molecule has 0 radical (unpaired) electrons. The molecular weight excluding hydrogens is 320 g/mol. The highest BCUT2D eigenvalue weighted by molar-refractivity contribution is 5.95. The first kappa shape index (κ1) is 18.7. The number of amides is 1. The van der Waals surface area contributed by atoms with Crippen molar-refractivity contribution in [1.82, 2.24) is 10.2 Å². The number of carbonyl (C=O) groups is 1. The standard InChI is InChI=1S/C23H30N2O/c1-25-17-14-20(15-18-25)13-16-24-23(26)22-10-6-5-9-21(22)12-11-19-7-3-2-4-8-19/h2-10,20H,11-18H2,1H3,(H,24,26). The van der Waals surface area contributed by atoms with Crippen LogP contribution in [0.25, 0.3) is 0 Å². The third-order valence-electron chi connectivity index (χ3n) is 5.46. The predicted octanol–water partition coefficient (Wildman–Crippen LogP) is 3.93. The molecule has 1 aliphatic heterocycles. The molecule has 2 aromatic carbocycles. The number of likely N-dealkylation sites (tertiary alicyclic amines) is 1. The van der Waals surface area contributed by atoms with Crippen molar-refractivity contribution in [2.45, 2.75) is 32.1 Å². The number of benzene rings is 2. The second-order valence-corrected chi connectivity index (χ2v) is 7.43. The molecule has 3 nitrogen and oxygen atoms in total. The van der Waals surface area contributed by atoms with E-state index in [1.165, 1.54) is 31.5 Å². The minimum Gasteiger partial charge on any atom is -0.352 e. The SMILES string of the molecule is CN1CCC(CCNC(=O)c2ccccc2CCc2ccccc2)CC1. The summed E-state index contributed by atoms with van der Waals surface area (Å²) < 4.78 is 0. The molecule has 0 bridgehead atoms. The minimum atomic E-state index is 0.0709. The van der Waals surface area contributed by atoms with Gasteiger partial charge in [0.2, 0.25) is 0 Å². The van der Waals surface area contributed by atoms with Crippen molar-refractivity contribution in [3.05, 3.63) is 71.3 Å². The van der Waals surface area contributed by atoms with Gasteiger partial charge in [0.05, 0.1) is 0 Å². The largest absolute Gasteiger partial charge is 0.352 e. The number of carbonyl (C=O) groups excluding carboxylic acids is 1. The van der Waals surface area contributed by atoms with Crippen LogP contribution in [0.2, 0.25) is 0 Å². The van der Waals surface area contributed by atoms with E-state index in [4.69, 9.17) is 0 Å². The summed E-state index contributed by atoms with van der Waals surface area (Å²) in [5.74, 6) is 0.821. The Bertz CT molecular complexity index is 690. The molecule has 1 heterocycles. The Morgan fingerprint density at radius 1 is 1.00 bits per heavy atom. The van der Waals surface area contributed by atoms with Crippen molar-refractivity contribution in [2.75, 3.05) is 26.7 Å². The van der Waals surface area contributed by atoms with Gasteiger partial charge >= 0.3 is 0 Å². The zero-order chi connectivity index (χ0) is 18.2. The van der Waals surface area contributed by atoms with Crippen molar-refractivity contribution >= 4 is 5.91 Å². The van der Waals surface area contributed by atoms with Crippen LogP contribution in [0.3, 0.4) is 0 Å². The molecule has 0 spiro atoms. The van der Waals surface area contributed by atoms with Crippen LogP contribution in [0.5, 0.6) is 0 Å². The van der Waals surface area contributed by atoms with Gasteiger partial charge in [0.1, 0.15) is 0 Å². The zero-order valence-electron chi connectivity index (χ0n) is 15.8. The fourth-order valence-corrected chi connectivity index (χ4v) is 3.72. The monoisotopic (exact) mass is 350 g/mol. The number of nitrogens with zero attached hydrogens (tertiary/aromatic N) is 1. The van der Waals surface area contributed by atoms with E-state index in [2.05, 4.69) is 47.6 Å². The van der Waals surface area contributed by atoms with E-state index in [-0.39, 0.29) is 5.91 Å². The van der Waals surface area contributed by atoms with E-state index in [1.54, 1.807) is 0 Å². The Morgan fingerprint density at radius 3 is 2.46 bits per heavy atom. The van der Waals surface area contributed by atoms with Crippen LogP contribution in [0.4, 0.5) is 0 Å². The Kier molecular flexibility index (Phi) is 6.84. The first-order valence-electron chi connectivity index (χ1n) is 9.81. The van der Waals surface area contributed by atoms with Crippen molar-refractivity contribution in [1.29, 1.82) is 0 Å². The zero-order valence-corrected chi connectivity index (χ0v) is 15.8. The van der Waals surface area contributed by atoms with Crippen LogP contribution in [0.1, 0.15) is 40.7 Å². The summed E-state index contributed by atoms with van der Waals surface area (Å²) in [6.07, 6.45) is 5.44. The Balaban J connectivity index is 1.50. The maximum Gasteiger partial charge on any atom is 0.251 e. The van der Waals surface area contributed by atoms with Gasteiger partial charge in [-0.15, -0.1) is 0 Å². The van der Waals surface area contributed by atoms with E-state index in [0.29, 0.717) is 0 Å². The van der Waals surface area contributed by atoms with Gasteiger partial charge in [-0.3, -0.25) is 4.79 Å². The normalized spacial score (nSPS) is 15.7. The van der Waals surface area contributed by atoms with Crippen LogP contribution >= 0.6 is 0 Å². The fourth-order valence-electron chi connectivity index (χ4n) is 3.72. The molecule has 2 aromatic rings. The molecule has 26 heavy (non-hydrogen) atoms. The summed E-state index contributed by atoms with van der Waals surface area (Å²) >= 11 is 0. The van der Waals surface area contributed by atoms with Gasteiger partial charge in [-0.2, -0.15) is 0 Å². The van der Waals surface area contributed by atoms with E-state index >= 15 is 0 Å². The fraction of sp³-hybridized carbons (Fsp3) is 0.435. The molecule has 1 N–H and O–H groups in total. The first-order chi connectivity index (χ1) is 12.7. The minimum absolute atomic E-state index is 0.0709. The summed E-state index contributed by atoms with van der Waals surface area (Å²) in [5.41, 5.74) is 3.27. The smallest absolute Gasteiger partial charge is 0.251 e. The van der Waals surface area contributed by atoms with Crippen molar-refractivity contribution in [2.24, 2.45) is 5.92 Å². The second kappa shape index (κ2) is 9.54. The Hall–Kier alpha value is -2.13. The lowest BCUT2D eigenvalue weighted by molar-refractivity contribution is 0.0948. The number of piperidine rings is 1. The maximum atomic E-state index is 12.7. The number of hydrogen-bond donors (Lipinski definition) is 1. The molecular formula is C23H30N2O. The Labute approximate surface area is 157 Å². The van der Waals surface area contributed by atoms with Gasteiger partial charge in [-0.1, -0.05) is 48.5 Å². The predicted molar refractivity (Wildman–Crippen MR) is 107 cm³/mol. The van der Waals surface area contributed by atoms with Gasteiger partial charge in [0.15, 0.2) is 0 Å². The highest BCUT2D eigenvalue weighted by Gasteiger charge is 2.17. The first-order valence-corrected chi connectivity index (χ1v) is 9.81. The van der Waals surface area contributed by atoms with Crippen molar-refractivity contribution in [3.8, 4) is 0 Å². The van der Waals surface area contributed by atoms with Gasteiger partial charge in [-0.25, -0.2) is 0 Å². The molecule has 138 valence electrons. The molecule has 0 aliphatic carbocycles. The lowest BCUT2D eigenvalue weighted by Gasteiger charge is -2.28.